The molecule has 0 aliphatic heterocycles. The molecule has 3 amide bonds. The quantitative estimate of drug-likeness (QED) is 0.535. The number of methoxy groups -OCH3 is 2. The van der Waals surface area contributed by atoms with Gasteiger partial charge in [0.25, 0.3) is 11.8 Å². The van der Waals surface area contributed by atoms with Crippen LogP contribution in [0, 0.1) is 0 Å². The molecule has 0 saturated carbocycles. The minimum absolute atomic E-state index is 0.149. The molecule has 25 heavy (non-hydrogen) atoms. The van der Waals surface area contributed by atoms with Crippen LogP contribution in [0.1, 0.15) is 23.7 Å². The summed E-state index contributed by atoms with van der Waals surface area (Å²) in [5.41, 5.74) is 5.27. The van der Waals surface area contributed by atoms with Gasteiger partial charge in [0.15, 0.2) is 18.1 Å². The predicted octanol–water partition coefficient (Wildman–Crippen LogP) is -0.176. The summed E-state index contributed by atoms with van der Waals surface area (Å²) in [7, 11) is 2.76. The van der Waals surface area contributed by atoms with Gasteiger partial charge in [0.2, 0.25) is 11.7 Å². The number of hydrogen-bond donors (Lipinski definition) is 3. The zero-order valence-electron chi connectivity index (χ0n) is 14.5. The van der Waals surface area contributed by atoms with Gasteiger partial charge < -0.3 is 30.6 Å². The van der Waals surface area contributed by atoms with E-state index in [1.165, 1.54) is 26.4 Å². The van der Waals surface area contributed by atoms with Crippen molar-refractivity contribution in [1.29, 1.82) is 0 Å². The molecule has 0 aliphatic carbocycles. The first-order valence-electron chi connectivity index (χ1n) is 7.64. The number of hydrogen-bond acceptors (Lipinski definition) is 6. The fourth-order valence-electron chi connectivity index (χ4n) is 1.89. The molecule has 1 rings (SSSR count). The highest BCUT2D eigenvalue weighted by Gasteiger charge is 2.18. The van der Waals surface area contributed by atoms with E-state index in [-0.39, 0.29) is 41.9 Å². The minimum Gasteiger partial charge on any atom is -0.493 e. The van der Waals surface area contributed by atoms with Crippen LogP contribution >= 0.6 is 0 Å². The predicted molar refractivity (Wildman–Crippen MR) is 89.9 cm³/mol. The molecule has 0 bridgehead atoms. The first kappa shape index (κ1) is 20.1. The van der Waals surface area contributed by atoms with E-state index < -0.39 is 11.8 Å². The minimum atomic E-state index is -0.663. The summed E-state index contributed by atoms with van der Waals surface area (Å²) >= 11 is 0. The van der Waals surface area contributed by atoms with Crippen molar-refractivity contribution in [3.05, 3.63) is 17.7 Å². The van der Waals surface area contributed by atoms with Crippen molar-refractivity contribution >= 4 is 17.7 Å². The maximum Gasteiger partial charge on any atom is 0.255 e. The van der Waals surface area contributed by atoms with Crippen LogP contribution in [0.25, 0.3) is 0 Å². The molecule has 9 heteroatoms. The molecule has 0 unspecified atom stereocenters. The monoisotopic (exact) mass is 353 g/mol. The second kappa shape index (κ2) is 10.0. The van der Waals surface area contributed by atoms with E-state index in [1.807, 2.05) is 6.92 Å². The molecule has 0 aliphatic rings. The Labute approximate surface area is 145 Å². The number of nitrogens with two attached hydrogens (primary N) is 1. The molecule has 0 atom stereocenters. The van der Waals surface area contributed by atoms with Gasteiger partial charge in [0.1, 0.15) is 0 Å². The Morgan fingerprint density at radius 3 is 2.16 bits per heavy atom. The van der Waals surface area contributed by atoms with Crippen LogP contribution in [0.5, 0.6) is 17.2 Å². The summed E-state index contributed by atoms with van der Waals surface area (Å²) in [4.78, 5) is 34.7. The van der Waals surface area contributed by atoms with E-state index in [4.69, 9.17) is 19.9 Å². The maximum absolute atomic E-state index is 12.2. The van der Waals surface area contributed by atoms with Gasteiger partial charge >= 0.3 is 0 Å². The molecule has 0 heterocycles. The molecule has 1 aromatic rings. The molecule has 4 N–H and O–H groups in total. The normalized spacial score (nSPS) is 9.88. The lowest BCUT2D eigenvalue weighted by Crippen LogP contribution is -2.37. The maximum atomic E-state index is 12.2. The lowest BCUT2D eigenvalue weighted by Gasteiger charge is -2.15. The molecule has 0 radical (unpaired) electrons. The summed E-state index contributed by atoms with van der Waals surface area (Å²) in [5, 5.41) is 5.16. The Morgan fingerprint density at radius 2 is 1.68 bits per heavy atom. The third kappa shape index (κ3) is 6.21. The van der Waals surface area contributed by atoms with Crippen LogP contribution < -0.4 is 30.6 Å². The number of amides is 3. The first-order chi connectivity index (χ1) is 11.9. The average molecular weight is 353 g/mol. The van der Waals surface area contributed by atoms with Crippen molar-refractivity contribution in [3.8, 4) is 17.2 Å². The highest BCUT2D eigenvalue weighted by Crippen LogP contribution is 2.38. The molecule has 0 fully saturated rings. The largest absolute Gasteiger partial charge is 0.493 e. The zero-order valence-corrected chi connectivity index (χ0v) is 14.5. The van der Waals surface area contributed by atoms with Crippen molar-refractivity contribution in [1.82, 2.24) is 10.6 Å². The van der Waals surface area contributed by atoms with E-state index in [0.29, 0.717) is 6.54 Å². The number of nitrogens with one attached hydrogen (secondary N) is 2. The summed E-state index contributed by atoms with van der Waals surface area (Å²) < 4.78 is 15.6. The van der Waals surface area contributed by atoms with Crippen LogP contribution in [-0.2, 0) is 9.59 Å². The molecule has 0 saturated heterocycles. The van der Waals surface area contributed by atoms with Crippen molar-refractivity contribution in [2.24, 2.45) is 5.73 Å². The molecule has 0 aromatic heterocycles. The number of benzene rings is 1. The number of primary amides is 1. The Morgan fingerprint density at radius 1 is 1.08 bits per heavy atom. The average Bonchev–Trinajstić information content (AvgIpc) is 2.61. The van der Waals surface area contributed by atoms with Crippen LogP contribution in [0.3, 0.4) is 0 Å². The number of rotatable bonds is 10. The van der Waals surface area contributed by atoms with Crippen molar-refractivity contribution in [2.75, 3.05) is 33.9 Å². The van der Waals surface area contributed by atoms with E-state index in [9.17, 15) is 14.4 Å². The van der Waals surface area contributed by atoms with Gasteiger partial charge in [0, 0.05) is 12.1 Å². The van der Waals surface area contributed by atoms with Gasteiger partial charge in [0.05, 0.1) is 20.8 Å². The van der Waals surface area contributed by atoms with Gasteiger partial charge in [-0.05, 0) is 18.6 Å². The van der Waals surface area contributed by atoms with Gasteiger partial charge in [-0.3, -0.25) is 14.4 Å². The molecule has 0 spiro atoms. The van der Waals surface area contributed by atoms with Crippen molar-refractivity contribution in [2.45, 2.75) is 13.3 Å². The van der Waals surface area contributed by atoms with E-state index in [2.05, 4.69) is 10.6 Å². The second-order valence-electron chi connectivity index (χ2n) is 5.00. The van der Waals surface area contributed by atoms with Gasteiger partial charge in [-0.15, -0.1) is 0 Å². The second-order valence-corrected chi connectivity index (χ2v) is 5.00. The fourth-order valence-corrected chi connectivity index (χ4v) is 1.89. The van der Waals surface area contributed by atoms with Crippen molar-refractivity contribution in [3.63, 3.8) is 0 Å². The van der Waals surface area contributed by atoms with Crippen LogP contribution in [0.4, 0.5) is 0 Å². The molecule has 9 nitrogen and oxygen atoms in total. The molecule has 138 valence electrons. The van der Waals surface area contributed by atoms with Gasteiger partial charge in [-0.1, -0.05) is 6.92 Å². The Balaban J connectivity index is 2.91. The van der Waals surface area contributed by atoms with Gasteiger partial charge in [-0.25, -0.2) is 0 Å². The molecular formula is C16H23N3O6. The SMILES string of the molecule is CCCNC(=O)CNC(=O)c1cc(OC)c(OCC(N)=O)c(OC)c1. The first-order valence-corrected chi connectivity index (χ1v) is 7.64. The summed E-state index contributed by atoms with van der Waals surface area (Å²) in [6.45, 7) is 1.96. The Kier molecular flexibility index (Phi) is 8.04. The topological polar surface area (TPSA) is 129 Å². The highest BCUT2D eigenvalue weighted by molar-refractivity contribution is 5.97. The van der Waals surface area contributed by atoms with Crippen LogP contribution in [-0.4, -0.2) is 51.6 Å². The van der Waals surface area contributed by atoms with E-state index in [0.717, 1.165) is 6.42 Å². The lowest BCUT2D eigenvalue weighted by atomic mass is 10.1. The van der Waals surface area contributed by atoms with Crippen LogP contribution in [0.15, 0.2) is 12.1 Å². The third-order valence-electron chi connectivity index (χ3n) is 3.06. The summed E-state index contributed by atoms with van der Waals surface area (Å²) in [6.07, 6.45) is 0.806. The van der Waals surface area contributed by atoms with Crippen LogP contribution in [0.2, 0.25) is 0 Å². The number of ether oxygens (including phenoxy) is 3. The van der Waals surface area contributed by atoms with Crippen molar-refractivity contribution < 1.29 is 28.6 Å². The summed E-state index contributed by atoms with van der Waals surface area (Å²) in [5.74, 6) is -0.882. The summed E-state index contributed by atoms with van der Waals surface area (Å²) in [6, 6.07) is 2.83. The lowest BCUT2D eigenvalue weighted by molar-refractivity contribution is -0.120. The highest BCUT2D eigenvalue weighted by atomic mass is 16.5. The van der Waals surface area contributed by atoms with E-state index >= 15 is 0 Å². The Hall–Kier alpha value is -2.97. The third-order valence-corrected chi connectivity index (χ3v) is 3.06. The zero-order chi connectivity index (χ0) is 18.8. The smallest absolute Gasteiger partial charge is 0.255 e. The van der Waals surface area contributed by atoms with E-state index in [1.54, 1.807) is 0 Å². The van der Waals surface area contributed by atoms with Gasteiger partial charge in [-0.2, -0.15) is 0 Å². The number of carbonyl (C=O) groups excluding carboxylic acids is 3. The molecule has 1 aromatic carbocycles. The molecular weight excluding hydrogens is 330 g/mol. The Bertz CT molecular complexity index is 607. The fraction of sp³-hybridized carbons (Fsp3) is 0.438. The number of carbonyl (C=O) groups is 3. The standard InChI is InChI=1S/C16H23N3O6/c1-4-5-18-14(21)8-19-16(22)10-6-11(23-2)15(12(7-10)24-3)25-9-13(17)20/h6-7H,4-5,8-9H2,1-3H3,(H2,17,20)(H,18,21)(H,19,22).